The largest absolute Gasteiger partial charge is 0.507 e. The summed E-state index contributed by atoms with van der Waals surface area (Å²) in [6.45, 7) is 6.45. The molecule has 37 heavy (non-hydrogen) atoms. The standard InChI is InChI=1S/C31H32ClNO4/c1-4-7-8-21-11-16-24(17-12-21)33-28(22-13-9-20(5-2)10-14-22)27(30(35)31(33)36)29(34)23-15-18-25(32)26(19-23)37-6-3/h9-19,28,34H,4-8H2,1-3H3/b29-27-. The van der Waals surface area contributed by atoms with E-state index in [4.69, 9.17) is 16.3 Å². The fourth-order valence-corrected chi connectivity index (χ4v) is 4.80. The number of anilines is 1. The third-order valence-corrected chi connectivity index (χ3v) is 7.00. The van der Waals surface area contributed by atoms with Crippen LogP contribution in [0.15, 0.2) is 72.3 Å². The molecule has 1 atom stereocenters. The maximum Gasteiger partial charge on any atom is 0.300 e. The number of amides is 1. The Kier molecular flexibility index (Phi) is 8.34. The van der Waals surface area contributed by atoms with Gasteiger partial charge in [0, 0.05) is 11.3 Å². The van der Waals surface area contributed by atoms with Crippen LogP contribution in [0.2, 0.25) is 5.02 Å². The van der Waals surface area contributed by atoms with Gasteiger partial charge in [-0.2, -0.15) is 0 Å². The van der Waals surface area contributed by atoms with Crippen LogP contribution < -0.4 is 9.64 Å². The topological polar surface area (TPSA) is 66.8 Å². The highest BCUT2D eigenvalue weighted by Gasteiger charge is 2.47. The minimum Gasteiger partial charge on any atom is -0.507 e. The van der Waals surface area contributed by atoms with Gasteiger partial charge in [-0.1, -0.05) is 68.3 Å². The first-order chi connectivity index (χ1) is 17.9. The molecule has 0 radical (unpaired) electrons. The van der Waals surface area contributed by atoms with E-state index >= 15 is 0 Å². The van der Waals surface area contributed by atoms with E-state index in [2.05, 4.69) is 13.8 Å². The van der Waals surface area contributed by atoms with Crippen molar-refractivity contribution in [1.29, 1.82) is 0 Å². The first-order valence-electron chi connectivity index (χ1n) is 12.8. The monoisotopic (exact) mass is 517 g/mol. The third-order valence-electron chi connectivity index (χ3n) is 6.69. The highest BCUT2D eigenvalue weighted by Crippen LogP contribution is 2.43. The Morgan fingerprint density at radius 2 is 1.62 bits per heavy atom. The molecule has 0 aromatic heterocycles. The van der Waals surface area contributed by atoms with Crippen LogP contribution in [0.1, 0.15) is 61.9 Å². The second-order valence-electron chi connectivity index (χ2n) is 9.11. The normalized spacial score (nSPS) is 16.9. The van der Waals surface area contributed by atoms with Gasteiger partial charge in [0.1, 0.15) is 11.5 Å². The number of unbranched alkanes of at least 4 members (excludes halogenated alkanes) is 1. The number of aryl methyl sites for hydroxylation is 2. The van der Waals surface area contributed by atoms with Crippen molar-refractivity contribution in [2.24, 2.45) is 0 Å². The molecule has 5 nitrogen and oxygen atoms in total. The Bertz CT molecular complexity index is 1310. The lowest BCUT2D eigenvalue weighted by atomic mass is 9.94. The number of nitrogens with zero attached hydrogens (tertiary/aromatic N) is 1. The van der Waals surface area contributed by atoms with Crippen molar-refractivity contribution in [1.82, 2.24) is 0 Å². The number of hydrogen-bond donors (Lipinski definition) is 1. The Morgan fingerprint density at radius 3 is 2.24 bits per heavy atom. The second-order valence-corrected chi connectivity index (χ2v) is 9.52. The van der Waals surface area contributed by atoms with Crippen molar-refractivity contribution in [3.63, 3.8) is 0 Å². The number of halogens is 1. The van der Waals surface area contributed by atoms with E-state index in [0.717, 1.165) is 36.8 Å². The predicted octanol–water partition coefficient (Wildman–Crippen LogP) is 7.27. The van der Waals surface area contributed by atoms with Gasteiger partial charge in [0.2, 0.25) is 0 Å². The number of benzene rings is 3. The zero-order valence-corrected chi connectivity index (χ0v) is 22.2. The summed E-state index contributed by atoms with van der Waals surface area (Å²) >= 11 is 6.24. The first kappa shape index (κ1) is 26.5. The Hall–Kier alpha value is -3.57. The minimum absolute atomic E-state index is 0.0362. The first-order valence-corrected chi connectivity index (χ1v) is 13.2. The molecule has 4 rings (SSSR count). The molecule has 3 aromatic carbocycles. The lowest BCUT2D eigenvalue weighted by Gasteiger charge is -2.26. The number of aliphatic hydroxyl groups excluding tert-OH is 1. The number of carbonyl (C=O) groups is 2. The van der Waals surface area contributed by atoms with E-state index in [0.29, 0.717) is 28.6 Å². The van der Waals surface area contributed by atoms with E-state index in [1.54, 1.807) is 18.2 Å². The summed E-state index contributed by atoms with van der Waals surface area (Å²) in [7, 11) is 0. The smallest absolute Gasteiger partial charge is 0.300 e. The lowest BCUT2D eigenvalue weighted by Crippen LogP contribution is -2.29. The van der Waals surface area contributed by atoms with E-state index in [1.807, 2.05) is 55.5 Å². The van der Waals surface area contributed by atoms with Crippen LogP contribution in [0.3, 0.4) is 0 Å². The molecule has 1 N–H and O–H groups in total. The van der Waals surface area contributed by atoms with E-state index in [1.165, 1.54) is 10.5 Å². The molecule has 0 spiro atoms. The Morgan fingerprint density at radius 1 is 0.946 bits per heavy atom. The molecule has 1 saturated heterocycles. The molecule has 0 aliphatic carbocycles. The van der Waals surface area contributed by atoms with Gasteiger partial charge in [-0.15, -0.1) is 0 Å². The van der Waals surface area contributed by atoms with Crippen LogP contribution >= 0.6 is 11.6 Å². The number of ketones is 1. The highest BCUT2D eigenvalue weighted by atomic mass is 35.5. The average Bonchev–Trinajstić information content (AvgIpc) is 3.18. The van der Waals surface area contributed by atoms with Gasteiger partial charge in [-0.05, 0) is 73.2 Å². The summed E-state index contributed by atoms with van der Waals surface area (Å²) in [5.41, 5.74) is 4.06. The maximum atomic E-state index is 13.4. The number of carbonyl (C=O) groups excluding carboxylic acids is 2. The molecular weight excluding hydrogens is 486 g/mol. The van der Waals surface area contributed by atoms with Crippen molar-refractivity contribution >= 4 is 34.7 Å². The Labute approximate surface area is 223 Å². The van der Waals surface area contributed by atoms with E-state index < -0.39 is 17.7 Å². The van der Waals surface area contributed by atoms with Gasteiger partial charge in [-0.25, -0.2) is 0 Å². The van der Waals surface area contributed by atoms with Gasteiger partial charge in [0.05, 0.1) is 23.2 Å². The molecule has 1 amide bonds. The van der Waals surface area contributed by atoms with Crippen LogP contribution in [0, 0.1) is 0 Å². The quantitative estimate of drug-likeness (QED) is 0.184. The van der Waals surface area contributed by atoms with Crippen LogP contribution in [0.25, 0.3) is 5.76 Å². The van der Waals surface area contributed by atoms with Crippen molar-refractivity contribution in [3.8, 4) is 5.75 Å². The zero-order chi connectivity index (χ0) is 26.5. The van der Waals surface area contributed by atoms with Crippen LogP contribution in [0.5, 0.6) is 5.75 Å². The average molecular weight is 518 g/mol. The minimum atomic E-state index is -0.779. The van der Waals surface area contributed by atoms with Gasteiger partial charge in [0.15, 0.2) is 0 Å². The molecule has 6 heteroatoms. The van der Waals surface area contributed by atoms with Crippen molar-refractivity contribution in [3.05, 3.63) is 99.6 Å². The lowest BCUT2D eigenvalue weighted by molar-refractivity contribution is -0.132. The summed E-state index contributed by atoms with van der Waals surface area (Å²) in [5, 5.41) is 11.8. The summed E-state index contributed by atoms with van der Waals surface area (Å²) in [6.07, 6.45) is 4.00. The molecule has 1 aliphatic rings. The molecule has 1 aliphatic heterocycles. The molecule has 0 saturated carbocycles. The number of Topliss-reactive ketones (excluding diaryl/α,β-unsaturated/α-hetero) is 1. The van der Waals surface area contributed by atoms with Gasteiger partial charge >= 0.3 is 0 Å². The Balaban J connectivity index is 1.85. The van der Waals surface area contributed by atoms with Crippen molar-refractivity contribution < 1.29 is 19.4 Å². The van der Waals surface area contributed by atoms with E-state index in [9.17, 15) is 14.7 Å². The molecule has 192 valence electrons. The zero-order valence-electron chi connectivity index (χ0n) is 21.5. The summed E-state index contributed by atoms with van der Waals surface area (Å²) in [4.78, 5) is 28.3. The van der Waals surface area contributed by atoms with Gasteiger partial charge in [0.25, 0.3) is 11.7 Å². The number of aliphatic hydroxyl groups is 1. The third kappa shape index (κ3) is 5.42. The molecule has 0 bridgehead atoms. The molecule has 1 unspecified atom stereocenters. The summed E-state index contributed by atoms with van der Waals surface area (Å²) in [6, 6.07) is 19.6. The predicted molar refractivity (Wildman–Crippen MR) is 148 cm³/mol. The number of hydrogen-bond acceptors (Lipinski definition) is 4. The van der Waals surface area contributed by atoms with Gasteiger partial charge in [-0.3, -0.25) is 14.5 Å². The van der Waals surface area contributed by atoms with Crippen LogP contribution in [0.4, 0.5) is 5.69 Å². The molecule has 3 aromatic rings. The molecule has 1 heterocycles. The highest BCUT2D eigenvalue weighted by molar-refractivity contribution is 6.51. The van der Waals surface area contributed by atoms with Crippen molar-refractivity contribution in [2.75, 3.05) is 11.5 Å². The number of rotatable bonds is 9. The summed E-state index contributed by atoms with van der Waals surface area (Å²) < 4.78 is 5.58. The van der Waals surface area contributed by atoms with E-state index in [-0.39, 0.29) is 11.3 Å². The SMILES string of the molecule is CCCCc1ccc(N2C(=O)C(=O)/C(=C(\O)c3ccc(Cl)c(OCC)c3)C2c2ccc(CC)cc2)cc1. The fourth-order valence-electron chi connectivity index (χ4n) is 4.63. The van der Waals surface area contributed by atoms with Crippen LogP contribution in [-0.2, 0) is 22.4 Å². The maximum absolute atomic E-state index is 13.4. The second kappa shape index (κ2) is 11.7. The fraction of sp³-hybridized carbons (Fsp3) is 0.290. The van der Waals surface area contributed by atoms with Crippen molar-refractivity contribution in [2.45, 2.75) is 52.5 Å². The number of ether oxygens (including phenoxy) is 1. The van der Waals surface area contributed by atoms with Gasteiger partial charge < -0.3 is 9.84 Å². The molecule has 1 fully saturated rings. The summed E-state index contributed by atoms with van der Waals surface area (Å²) in [5.74, 6) is -1.27. The molecular formula is C31H32ClNO4. The van der Waals surface area contributed by atoms with Crippen LogP contribution in [-0.4, -0.2) is 23.4 Å².